The normalized spacial score (nSPS) is 17.5. The van der Waals surface area contributed by atoms with Crippen molar-refractivity contribution in [1.29, 1.82) is 0 Å². The predicted molar refractivity (Wildman–Crippen MR) is 113 cm³/mol. The van der Waals surface area contributed by atoms with Gasteiger partial charge in [0.1, 0.15) is 0 Å². The van der Waals surface area contributed by atoms with Gasteiger partial charge in [-0.2, -0.15) is 4.31 Å². The smallest absolute Gasteiger partial charge is 0.243 e. The zero-order chi connectivity index (χ0) is 20.8. The first-order valence-corrected chi connectivity index (χ1v) is 11.2. The Bertz CT molecular complexity index is 749. The minimum Gasteiger partial charge on any atom is -0.379 e. The summed E-state index contributed by atoms with van der Waals surface area (Å²) in [6.45, 7) is 8.84. The first-order valence-electron chi connectivity index (χ1n) is 9.75. The summed E-state index contributed by atoms with van der Waals surface area (Å²) in [5.74, 6) is 0.681. The molecule has 0 aromatic heterocycles. The SMILES string of the molecule is CN=C(NCc1ccc(S(=O)(=O)N2CCCC2)cc1)NCC(OC)C(C)(C)C. The van der Waals surface area contributed by atoms with Crippen LogP contribution in [-0.2, 0) is 21.3 Å². The number of hydrogen-bond donors (Lipinski definition) is 2. The van der Waals surface area contributed by atoms with E-state index in [1.807, 2.05) is 12.1 Å². The molecule has 7 nitrogen and oxygen atoms in total. The summed E-state index contributed by atoms with van der Waals surface area (Å²) in [6, 6.07) is 7.05. The molecule has 158 valence electrons. The molecule has 2 rings (SSSR count). The van der Waals surface area contributed by atoms with Crippen LogP contribution in [-0.4, -0.2) is 58.6 Å². The van der Waals surface area contributed by atoms with Gasteiger partial charge >= 0.3 is 0 Å². The van der Waals surface area contributed by atoms with Crippen LogP contribution >= 0.6 is 0 Å². The van der Waals surface area contributed by atoms with Gasteiger partial charge in [-0.1, -0.05) is 32.9 Å². The van der Waals surface area contributed by atoms with Crippen molar-refractivity contribution < 1.29 is 13.2 Å². The second-order valence-corrected chi connectivity index (χ2v) is 10.1. The fraction of sp³-hybridized carbons (Fsp3) is 0.650. The highest BCUT2D eigenvalue weighted by Gasteiger charge is 2.27. The Morgan fingerprint density at radius 2 is 1.79 bits per heavy atom. The lowest BCUT2D eigenvalue weighted by molar-refractivity contribution is 0.0205. The summed E-state index contributed by atoms with van der Waals surface area (Å²) < 4.78 is 32.3. The molecule has 0 aliphatic carbocycles. The van der Waals surface area contributed by atoms with Crippen molar-refractivity contribution in [2.24, 2.45) is 10.4 Å². The van der Waals surface area contributed by atoms with Crippen LogP contribution in [0, 0.1) is 5.41 Å². The molecular weight excluding hydrogens is 376 g/mol. The lowest BCUT2D eigenvalue weighted by Crippen LogP contribution is -2.45. The number of rotatable bonds is 7. The average Bonchev–Trinajstić information content (AvgIpc) is 3.19. The predicted octanol–water partition coefficient (Wildman–Crippen LogP) is 2.20. The number of aliphatic imine (C=N–C) groups is 1. The van der Waals surface area contributed by atoms with Crippen LogP contribution in [0.15, 0.2) is 34.2 Å². The average molecular weight is 411 g/mol. The van der Waals surface area contributed by atoms with E-state index in [0.29, 0.717) is 37.0 Å². The molecule has 1 atom stereocenters. The van der Waals surface area contributed by atoms with Crippen LogP contribution in [0.4, 0.5) is 0 Å². The van der Waals surface area contributed by atoms with E-state index in [9.17, 15) is 8.42 Å². The highest BCUT2D eigenvalue weighted by Crippen LogP contribution is 2.22. The van der Waals surface area contributed by atoms with E-state index < -0.39 is 10.0 Å². The molecule has 8 heteroatoms. The molecule has 1 unspecified atom stereocenters. The molecule has 1 fully saturated rings. The largest absolute Gasteiger partial charge is 0.379 e. The van der Waals surface area contributed by atoms with Gasteiger partial charge in [0.25, 0.3) is 0 Å². The van der Waals surface area contributed by atoms with Crippen molar-refractivity contribution in [1.82, 2.24) is 14.9 Å². The Hall–Kier alpha value is -1.64. The van der Waals surface area contributed by atoms with Gasteiger partial charge in [0, 0.05) is 40.3 Å². The molecule has 0 spiro atoms. The van der Waals surface area contributed by atoms with E-state index in [0.717, 1.165) is 18.4 Å². The first-order chi connectivity index (χ1) is 13.2. The van der Waals surface area contributed by atoms with Crippen molar-refractivity contribution >= 4 is 16.0 Å². The van der Waals surface area contributed by atoms with Crippen molar-refractivity contribution in [3.05, 3.63) is 29.8 Å². The Labute approximate surface area is 169 Å². The van der Waals surface area contributed by atoms with Crippen molar-refractivity contribution in [2.45, 2.75) is 51.2 Å². The topological polar surface area (TPSA) is 83.0 Å². The highest BCUT2D eigenvalue weighted by molar-refractivity contribution is 7.89. The lowest BCUT2D eigenvalue weighted by atomic mass is 9.89. The third-order valence-electron chi connectivity index (χ3n) is 5.02. The molecule has 0 amide bonds. The van der Waals surface area contributed by atoms with Crippen LogP contribution in [0.1, 0.15) is 39.2 Å². The quantitative estimate of drug-likeness (QED) is 0.532. The summed E-state index contributed by atoms with van der Waals surface area (Å²) in [6.07, 6.45) is 1.93. The summed E-state index contributed by atoms with van der Waals surface area (Å²) >= 11 is 0. The second-order valence-electron chi connectivity index (χ2n) is 8.15. The summed E-state index contributed by atoms with van der Waals surface area (Å²) in [5.41, 5.74) is 1.01. The summed E-state index contributed by atoms with van der Waals surface area (Å²) in [4.78, 5) is 4.59. The third-order valence-corrected chi connectivity index (χ3v) is 6.93. The van der Waals surface area contributed by atoms with Gasteiger partial charge in [0.15, 0.2) is 5.96 Å². The van der Waals surface area contributed by atoms with E-state index in [-0.39, 0.29) is 11.5 Å². The van der Waals surface area contributed by atoms with Crippen LogP contribution in [0.3, 0.4) is 0 Å². The Morgan fingerprint density at radius 1 is 1.18 bits per heavy atom. The number of ether oxygens (including phenoxy) is 1. The number of hydrogen-bond acceptors (Lipinski definition) is 4. The fourth-order valence-corrected chi connectivity index (χ4v) is 4.71. The number of nitrogens with zero attached hydrogens (tertiary/aromatic N) is 2. The van der Waals surface area contributed by atoms with Gasteiger partial charge in [-0.3, -0.25) is 4.99 Å². The van der Waals surface area contributed by atoms with Gasteiger partial charge in [-0.15, -0.1) is 0 Å². The minimum absolute atomic E-state index is 0.0251. The maximum Gasteiger partial charge on any atom is 0.243 e. The molecule has 1 aromatic rings. The van der Waals surface area contributed by atoms with Gasteiger partial charge in [-0.25, -0.2) is 8.42 Å². The lowest BCUT2D eigenvalue weighted by Gasteiger charge is -2.30. The van der Waals surface area contributed by atoms with Gasteiger partial charge in [0.05, 0.1) is 11.0 Å². The molecule has 2 N–H and O–H groups in total. The Kier molecular flexibility index (Phi) is 7.86. The first kappa shape index (κ1) is 22.6. The Morgan fingerprint density at radius 3 is 2.29 bits per heavy atom. The third kappa shape index (κ3) is 5.93. The van der Waals surface area contributed by atoms with Crippen molar-refractivity contribution in [3.8, 4) is 0 Å². The van der Waals surface area contributed by atoms with E-state index >= 15 is 0 Å². The molecular formula is C20H34N4O3S. The second kappa shape index (κ2) is 9.71. The van der Waals surface area contributed by atoms with Gasteiger partial charge in [-0.05, 0) is 36.0 Å². The number of guanidine groups is 1. The molecule has 1 aliphatic rings. The molecule has 1 aromatic carbocycles. The van der Waals surface area contributed by atoms with Crippen LogP contribution in [0.5, 0.6) is 0 Å². The molecule has 0 radical (unpaired) electrons. The molecule has 28 heavy (non-hydrogen) atoms. The molecule has 1 saturated heterocycles. The zero-order valence-electron chi connectivity index (χ0n) is 17.7. The number of sulfonamides is 1. The number of benzene rings is 1. The number of nitrogens with one attached hydrogen (secondary N) is 2. The zero-order valence-corrected chi connectivity index (χ0v) is 18.5. The van der Waals surface area contributed by atoms with E-state index in [1.54, 1.807) is 30.6 Å². The van der Waals surface area contributed by atoms with Crippen molar-refractivity contribution in [3.63, 3.8) is 0 Å². The maximum absolute atomic E-state index is 12.6. The molecule has 1 aliphatic heterocycles. The minimum atomic E-state index is -3.36. The van der Waals surface area contributed by atoms with Crippen molar-refractivity contribution in [2.75, 3.05) is 33.8 Å². The molecule has 0 bridgehead atoms. The number of methoxy groups -OCH3 is 1. The maximum atomic E-state index is 12.6. The van der Waals surface area contributed by atoms with Crippen LogP contribution < -0.4 is 10.6 Å². The van der Waals surface area contributed by atoms with Gasteiger partial charge < -0.3 is 15.4 Å². The summed E-state index contributed by atoms with van der Waals surface area (Å²) in [7, 11) is 0.0725. The standard InChI is InChI=1S/C20H34N4O3S/c1-20(2,3)18(27-5)15-23-19(21-4)22-14-16-8-10-17(11-9-16)28(25,26)24-12-6-7-13-24/h8-11,18H,6-7,12-15H2,1-5H3,(H2,21,22,23). The van der Waals surface area contributed by atoms with Gasteiger partial charge in [0.2, 0.25) is 10.0 Å². The molecule has 0 saturated carbocycles. The Balaban J connectivity index is 1.91. The van der Waals surface area contributed by atoms with Crippen LogP contribution in [0.2, 0.25) is 0 Å². The van der Waals surface area contributed by atoms with E-state index in [4.69, 9.17) is 4.74 Å². The highest BCUT2D eigenvalue weighted by atomic mass is 32.2. The van der Waals surface area contributed by atoms with E-state index in [2.05, 4.69) is 36.4 Å². The van der Waals surface area contributed by atoms with E-state index in [1.165, 1.54) is 0 Å². The molecule has 1 heterocycles. The fourth-order valence-electron chi connectivity index (χ4n) is 3.20. The van der Waals surface area contributed by atoms with Crippen LogP contribution in [0.25, 0.3) is 0 Å². The monoisotopic (exact) mass is 410 g/mol. The summed E-state index contributed by atoms with van der Waals surface area (Å²) in [5, 5.41) is 6.53.